The Bertz CT molecular complexity index is 615. The minimum absolute atomic E-state index is 0.243. The number of aliphatic hydroxyl groups is 1. The first-order valence-electron chi connectivity index (χ1n) is 9.24. The van der Waals surface area contributed by atoms with Gasteiger partial charge in [-0.1, -0.05) is 0 Å². The highest BCUT2D eigenvalue weighted by molar-refractivity contribution is 5.80. The molecule has 1 aromatic carbocycles. The molecule has 1 aromatic rings. The van der Waals surface area contributed by atoms with Gasteiger partial charge in [-0.05, 0) is 43.9 Å². The van der Waals surface area contributed by atoms with Crippen molar-refractivity contribution in [2.45, 2.75) is 50.5 Å². The van der Waals surface area contributed by atoms with Crippen molar-refractivity contribution in [1.82, 2.24) is 10.6 Å². The number of benzene rings is 1. The average molecular weight is 363 g/mol. The fourth-order valence-electron chi connectivity index (χ4n) is 3.59. The predicted octanol–water partition coefficient (Wildman–Crippen LogP) is 1.61. The smallest absolute Gasteiger partial charge is 0.191 e. The lowest BCUT2D eigenvalue weighted by Gasteiger charge is -2.23. The average Bonchev–Trinajstić information content (AvgIpc) is 3.28. The third kappa shape index (κ3) is 4.40. The fourth-order valence-corrected chi connectivity index (χ4v) is 3.59. The highest BCUT2D eigenvalue weighted by Crippen LogP contribution is 2.34. The van der Waals surface area contributed by atoms with Gasteiger partial charge in [0.25, 0.3) is 0 Å². The zero-order valence-corrected chi connectivity index (χ0v) is 15.7. The molecule has 2 aliphatic heterocycles. The molecule has 3 rings (SSSR count). The molecule has 2 heterocycles. The maximum absolute atomic E-state index is 10.5. The van der Waals surface area contributed by atoms with Crippen LogP contribution in [0.2, 0.25) is 0 Å². The summed E-state index contributed by atoms with van der Waals surface area (Å²) in [7, 11) is 3.18. The number of nitrogens with one attached hydrogen (secondary N) is 2. The number of methoxy groups -OCH3 is 2. The number of aliphatic hydroxyl groups excluding tert-OH is 1. The first-order valence-corrected chi connectivity index (χ1v) is 9.24. The van der Waals surface area contributed by atoms with E-state index in [2.05, 4.69) is 15.6 Å². The summed E-state index contributed by atoms with van der Waals surface area (Å²) in [4.78, 5) is 4.56. The van der Waals surface area contributed by atoms with Crippen LogP contribution in [0.5, 0.6) is 11.5 Å². The Balaban J connectivity index is 1.65. The van der Waals surface area contributed by atoms with Gasteiger partial charge in [0.05, 0.1) is 45.1 Å². The molecule has 2 saturated heterocycles. The van der Waals surface area contributed by atoms with E-state index in [1.54, 1.807) is 32.4 Å². The second kappa shape index (κ2) is 8.60. The molecule has 4 unspecified atom stereocenters. The van der Waals surface area contributed by atoms with E-state index in [0.29, 0.717) is 35.2 Å². The van der Waals surface area contributed by atoms with E-state index < -0.39 is 6.10 Å². The summed E-state index contributed by atoms with van der Waals surface area (Å²) < 4.78 is 16.4. The van der Waals surface area contributed by atoms with Crippen LogP contribution in [0.15, 0.2) is 23.2 Å². The summed E-state index contributed by atoms with van der Waals surface area (Å²) in [5.74, 6) is 2.00. The third-order valence-electron chi connectivity index (χ3n) is 4.95. The first kappa shape index (κ1) is 18.8. The van der Waals surface area contributed by atoms with E-state index in [0.717, 1.165) is 25.8 Å². The van der Waals surface area contributed by atoms with Crippen molar-refractivity contribution in [3.05, 3.63) is 23.8 Å². The van der Waals surface area contributed by atoms with Gasteiger partial charge in [-0.15, -0.1) is 0 Å². The molecule has 7 heteroatoms. The topological polar surface area (TPSA) is 84.3 Å². The summed E-state index contributed by atoms with van der Waals surface area (Å²) in [6.45, 7) is 3.03. The van der Waals surface area contributed by atoms with Crippen molar-refractivity contribution in [3.8, 4) is 11.5 Å². The monoisotopic (exact) mass is 363 g/mol. The molecular weight excluding hydrogens is 334 g/mol. The van der Waals surface area contributed by atoms with Gasteiger partial charge in [-0.2, -0.15) is 0 Å². The van der Waals surface area contributed by atoms with Gasteiger partial charge in [0.2, 0.25) is 0 Å². The van der Waals surface area contributed by atoms with E-state index in [-0.39, 0.29) is 12.6 Å². The summed E-state index contributed by atoms with van der Waals surface area (Å²) in [5, 5.41) is 17.2. The highest BCUT2D eigenvalue weighted by Gasteiger charge is 2.41. The van der Waals surface area contributed by atoms with E-state index in [4.69, 9.17) is 14.2 Å². The van der Waals surface area contributed by atoms with Crippen LogP contribution < -0.4 is 20.1 Å². The van der Waals surface area contributed by atoms with Crippen molar-refractivity contribution in [2.75, 3.05) is 27.3 Å². The molecule has 26 heavy (non-hydrogen) atoms. The number of nitrogens with zero attached hydrogens (tertiary/aromatic N) is 1. The normalized spacial score (nSPS) is 25.8. The number of ether oxygens (including phenoxy) is 3. The van der Waals surface area contributed by atoms with Crippen LogP contribution in [0, 0.1) is 0 Å². The third-order valence-corrected chi connectivity index (χ3v) is 4.95. The Kier molecular flexibility index (Phi) is 6.21. The highest BCUT2D eigenvalue weighted by atomic mass is 16.5. The minimum Gasteiger partial charge on any atom is -0.497 e. The van der Waals surface area contributed by atoms with Gasteiger partial charge >= 0.3 is 0 Å². The SMILES string of the molecule is CCNC(=NCC(O)c1cc(OC)cc(OC)c1)NC1CC2CCC1O2. The number of rotatable bonds is 7. The number of aliphatic imine (C=N–C) groups is 1. The zero-order valence-electron chi connectivity index (χ0n) is 15.7. The lowest BCUT2D eigenvalue weighted by molar-refractivity contribution is 0.0992. The Labute approximate surface area is 154 Å². The molecule has 0 spiro atoms. The molecule has 0 aromatic heterocycles. The minimum atomic E-state index is -0.745. The lowest BCUT2D eigenvalue weighted by Crippen LogP contribution is -2.47. The number of hydrogen-bond donors (Lipinski definition) is 3. The molecule has 0 amide bonds. The van der Waals surface area contributed by atoms with Crippen LogP contribution in [0.3, 0.4) is 0 Å². The van der Waals surface area contributed by atoms with Crippen LogP contribution in [0.4, 0.5) is 0 Å². The Morgan fingerprint density at radius 1 is 1.27 bits per heavy atom. The van der Waals surface area contributed by atoms with E-state index in [1.165, 1.54) is 0 Å². The van der Waals surface area contributed by atoms with Crippen LogP contribution in [-0.4, -0.2) is 56.6 Å². The van der Waals surface area contributed by atoms with Gasteiger partial charge in [0, 0.05) is 12.6 Å². The van der Waals surface area contributed by atoms with Gasteiger partial charge in [-0.25, -0.2) is 0 Å². The van der Waals surface area contributed by atoms with Gasteiger partial charge in [0.15, 0.2) is 5.96 Å². The zero-order chi connectivity index (χ0) is 18.5. The number of guanidine groups is 1. The quantitative estimate of drug-likeness (QED) is 0.504. The van der Waals surface area contributed by atoms with Crippen LogP contribution in [0.1, 0.15) is 37.9 Å². The molecule has 2 aliphatic rings. The molecule has 2 fully saturated rings. The molecule has 4 atom stereocenters. The predicted molar refractivity (Wildman–Crippen MR) is 99.9 cm³/mol. The van der Waals surface area contributed by atoms with Crippen LogP contribution >= 0.6 is 0 Å². The Morgan fingerprint density at radius 2 is 2.00 bits per heavy atom. The maximum Gasteiger partial charge on any atom is 0.191 e. The molecule has 0 aliphatic carbocycles. The molecule has 144 valence electrons. The van der Waals surface area contributed by atoms with Crippen molar-refractivity contribution >= 4 is 5.96 Å². The fraction of sp³-hybridized carbons (Fsp3) is 0.632. The molecular formula is C19H29N3O4. The molecule has 7 nitrogen and oxygen atoms in total. The van der Waals surface area contributed by atoms with Crippen molar-refractivity contribution in [2.24, 2.45) is 4.99 Å². The van der Waals surface area contributed by atoms with Gasteiger partial charge in [0.1, 0.15) is 11.5 Å². The van der Waals surface area contributed by atoms with E-state index in [1.807, 2.05) is 6.92 Å². The standard InChI is InChI=1S/C19H29N3O4/c1-4-20-19(22-16-10-13-5-6-18(16)26-13)21-11-17(23)12-7-14(24-2)9-15(8-12)25-3/h7-9,13,16-18,23H,4-6,10-11H2,1-3H3,(H2,20,21,22). The van der Waals surface area contributed by atoms with Crippen LogP contribution in [-0.2, 0) is 4.74 Å². The van der Waals surface area contributed by atoms with Crippen molar-refractivity contribution in [1.29, 1.82) is 0 Å². The second-order valence-electron chi connectivity index (χ2n) is 6.74. The molecule has 3 N–H and O–H groups in total. The van der Waals surface area contributed by atoms with Crippen molar-refractivity contribution in [3.63, 3.8) is 0 Å². The maximum atomic E-state index is 10.5. The summed E-state index contributed by atoms with van der Waals surface area (Å²) >= 11 is 0. The lowest BCUT2D eigenvalue weighted by atomic mass is 9.96. The summed E-state index contributed by atoms with van der Waals surface area (Å²) in [6.07, 6.45) is 3.20. The van der Waals surface area contributed by atoms with Gasteiger partial charge < -0.3 is 30.0 Å². The first-order chi connectivity index (χ1) is 12.6. The Morgan fingerprint density at radius 3 is 2.54 bits per heavy atom. The van der Waals surface area contributed by atoms with Gasteiger partial charge in [-0.3, -0.25) is 4.99 Å². The Hall–Kier alpha value is -1.99. The van der Waals surface area contributed by atoms with E-state index >= 15 is 0 Å². The largest absolute Gasteiger partial charge is 0.497 e. The number of hydrogen-bond acceptors (Lipinski definition) is 5. The molecule has 0 radical (unpaired) electrons. The van der Waals surface area contributed by atoms with E-state index in [9.17, 15) is 5.11 Å². The second-order valence-corrected chi connectivity index (χ2v) is 6.74. The summed E-state index contributed by atoms with van der Waals surface area (Å²) in [6, 6.07) is 5.67. The molecule has 0 saturated carbocycles. The van der Waals surface area contributed by atoms with Crippen LogP contribution in [0.25, 0.3) is 0 Å². The molecule has 2 bridgehead atoms. The number of fused-ring (bicyclic) bond motifs is 2. The van der Waals surface area contributed by atoms with Crippen molar-refractivity contribution < 1.29 is 19.3 Å². The summed E-state index contributed by atoms with van der Waals surface area (Å²) in [5.41, 5.74) is 0.712.